The van der Waals surface area contributed by atoms with E-state index in [9.17, 15) is 0 Å². The molecule has 0 fully saturated rings. The maximum atomic E-state index is 4.70. The number of aryl methyl sites for hydroxylation is 3. The van der Waals surface area contributed by atoms with Gasteiger partial charge in [0.15, 0.2) is 0 Å². The SMILES string of the molecule is Cc1ccc(Nc2nc(C)cc(N(C)CCc3ccncc3)n2)c(C)c1. The molecule has 3 rings (SSSR count). The maximum Gasteiger partial charge on any atom is 0.229 e. The normalized spacial score (nSPS) is 10.6. The van der Waals surface area contributed by atoms with Crippen molar-refractivity contribution in [3.8, 4) is 0 Å². The van der Waals surface area contributed by atoms with Crippen molar-refractivity contribution >= 4 is 17.5 Å². The average molecular weight is 347 g/mol. The van der Waals surface area contributed by atoms with Crippen molar-refractivity contribution in [1.29, 1.82) is 0 Å². The molecular formula is C21H25N5. The summed E-state index contributed by atoms with van der Waals surface area (Å²) in [5, 5.41) is 3.35. The summed E-state index contributed by atoms with van der Waals surface area (Å²) in [4.78, 5) is 15.5. The largest absolute Gasteiger partial charge is 0.359 e. The van der Waals surface area contributed by atoms with E-state index in [1.165, 1.54) is 16.7 Å². The molecule has 3 aromatic rings. The summed E-state index contributed by atoms with van der Waals surface area (Å²) in [5.41, 5.74) is 5.67. The van der Waals surface area contributed by atoms with Crippen molar-refractivity contribution in [2.45, 2.75) is 27.2 Å². The number of benzene rings is 1. The first kappa shape index (κ1) is 17.9. The standard InChI is InChI=1S/C21H25N5/c1-15-5-6-19(16(2)13-15)24-21-23-17(3)14-20(25-21)26(4)12-9-18-7-10-22-11-8-18/h5-8,10-11,13-14H,9,12H2,1-4H3,(H,23,24,25). The van der Waals surface area contributed by atoms with E-state index in [-0.39, 0.29) is 0 Å². The topological polar surface area (TPSA) is 53.9 Å². The van der Waals surface area contributed by atoms with Crippen LogP contribution in [0.1, 0.15) is 22.4 Å². The van der Waals surface area contributed by atoms with Gasteiger partial charge in [0.25, 0.3) is 0 Å². The molecule has 0 saturated heterocycles. The van der Waals surface area contributed by atoms with Crippen LogP contribution >= 0.6 is 0 Å². The quantitative estimate of drug-likeness (QED) is 0.723. The minimum Gasteiger partial charge on any atom is -0.359 e. The predicted molar refractivity (Wildman–Crippen MR) is 107 cm³/mol. The van der Waals surface area contributed by atoms with E-state index in [0.717, 1.165) is 30.2 Å². The fraction of sp³-hybridized carbons (Fsp3) is 0.286. The zero-order chi connectivity index (χ0) is 18.5. The Morgan fingerprint density at radius 1 is 0.962 bits per heavy atom. The molecule has 0 aliphatic heterocycles. The van der Waals surface area contributed by atoms with E-state index in [1.54, 1.807) is 0 Å². The van der Waals surface area contributed by atoms with Crippen molar-refractivity contribution in [2.24, 2.45) is 0 Å². The molecule has 0 saturated carbocycles. The first-order valence-corrected chi connectivity index (χ1v) is 8.81. The van der Waals surface area contributed by atoms with E-state index in [1.807, 2.05) is 37.5 Å². The van der Waals surface area contributed by atoms with Crippen LogP contribution in [0.15, 0.2) is 48.8 Å². The van der Waals surface area contributed by atoms with Crippen molar-refractivity contribution in [2.75, 3.05) is 23.8 Å². The Morgan fingerprint density at radius 2 is 1.73 bits per heavy atom. The van der Waals surface area contributed by atoms with Gasteiger partial charge >= 0.3 is 0 Å². The lowest BCUT2D eigenvalue weighted by Crippen LogP contribution is -2.22. The van der Waals surface area contributed by atoms with Crippen LogP contribution in [0.2, 0.25) is 0 Å². The molecule has 0 spiro atoms. The van der Waals surface area contributed by atoms with Gasteiger partial charge < -0.3 is 10.2 Å². The molecule has 0 radical (unpaired) electrons. The van der Waals surface area contributed by atoms with Gasteiger partial charge in [-0.25, -0.2) is 4.98 Å². The van der Waals surface area contributed by atoms with Gasteiger partial charge in [0, 0.05) is 43.4 Å². The molecular weight excluding hydrogens is 322 g/mol. The van der Waals surface area contributed by atoms with Crippen LogP contribution in [0.4, 0.5) is 17.5 Å². The van der Waals surface area contributed by atoms with E-state index >= 15 is 0 Å². The summed E-state index contributed by atoms with van der Waals surface area (Å²) in [7, 11) is 2.06. The average Bonchev–Trinajstić information content (AvgIpc) is 2.62. The minimum atomic E-state index is 0.628. The monoisotopic (exact) mass is 347 g/mol. The third kappa shape index (κ3) is 4.57. The number of nitrogens with zero attached hydrogens (tertiary/aromatic N) is 4. The summed E-state index contributed by atoms with van der Waals surface area (Å²) in [5.74, 6) is 1.54. The highest BCUT2D eigenvalue weighted by atomic mass is 15.2. The number of pyridine rings is 1. The second kappa shape index (κ2) is 7.95. The molecule has 134 valence electrons. The van der Waals surface area contributed by atoms with Crippen LogP contribution in [0.25, 0.3) is 0 Å². The van der Waals surface area contributed by atoms with Crippen LogP contribution in [0, 0.1) is 20.8 Å². The van der Waals surface area contributed by atoms with Gasteiger partial charge in [-0.05, 0) is 56.5 Å². The second-order valence-electron chi connectivity index (χ2n) is 6.66. The highest BCUT2D eigenvalue weighted by molar-refractivity contribution is 5.60. The lowest BCUT2D eigenvalue weighted by Gasteiger charge is -2.19. The summed E-state index contributed by atoms with van der Waals surface area (Å²) >= 11 is 0. The van der Waals surface area contributed by atoms with Crippen LogP contribution in [0.3, 0.4) is 0 Å². The number of nitrogens with one attached hydrogen (secondary N) is 1. The second-order valence-corrected chi connectivity index (χ2v) is 6.66. The lowest BCUT2D eigenvalue weighted by molar-refractivity contribution is 0.853. The van der Waals surface area contributed by atoms with Gasteiger partial charge in [0.2, 0.25) is 5.95 Å². The first-order chi connectivity index (χ1) is 12.5. The molecule has 2 aromatic heterocycles. The zero-order valence-electron chi connectivity index (χ0n) is 15.8. The smallest absolute Gasteiger partial charge is 0.229 e. The Balaban J connectivity index is 1.74. The van der Waals surface area contributed by atoms with Gasteiger partial charge in [-0.2, -0.15) is 4.98 Å². The van der Waals surface area contributed by atoms with Gasteiger partial charge in [0.05, 0.1) is 0 Å². The summed E-state index contributed by atoms with van der Waals surface area (Å²) in [6.07, 6.45) is 4.61. The molecule has 0 aliphatic carbocycles. The number of hydrogen-bond donors (Lipinski definition) is 1. The third-order valence-corrected chi connectivity index (χ3v) is 4.35. The summed E-state index contributed by atoms with van der Waals surface area (Å²) < 4.78 is 0. The summed E-state index contributed by atoms with van der Waals surface area (Å²) in [6.45, 7) is 7.06. The zero-order valence-corrected chi connectivity index (χ0v) is 15.8. The molecule has 0 amide bonds. The predicted octanol–water partition coefficient (Wildman–Crippen LogP) is 4.22. The van der Waals surface area contributed by atoms with E-state index in [0.29, 0.717) is 5.95 Å². The highest BCUT2D eigenvalue weighted by Crippen LogP contribution is 2.21. The highest BCUT2D eigenvalue weighted by Gasteiger charge is 2.08. The molecule has 5 heteroatoms. The lowest BCUT2D eigenvalue weighted by atomic mass is 10.1. The van der Waals surface area contributed by atoms with Crippen molar-refractivity contribution in [3.05, 3.63) is 71.2 Å². The fourth-order valence-electron chi connectivity index (χ4n) is 2.84. The number of aromatic nitrogens is 3. The minimum absolute atomic E-state index is 0.628. The van der Waals surface area contributed by atoms with Crippen molar-refractivity contribution in [1.82, 2.24) is 15.0 Å². The number of anilines is 3. The molecule has 0 atom stereocenters. The van der Waals surface area contributed by atoms with Gasteiger partial charge in [0.1, 0.15) is 5.82 Å². The molecule has 0 unspecified atom stereocenters. The molecule has 26 heavy (non-hydrogen) atoms. The number of likely N-dealkylation sites (N-methyl/N-ethyl adjacent to an activating group) is 1. The maximum absolute atomic E-state index is 4.70. The molecule has 1 aromatic carbocycles. The fourth-order valence-corrected chi connectivity index (χ4v) is 2.84. The van der Waals surface area contributed by atoms with Crippen LogP contribution in [-0.4, -0.2) is 28.5 Å². The molecule has 5 nitrogen and oxygen atoms in total. The Labute approximate surface area is 155 Å². The Bertz CT molecular complexity index is 877. The molecule has 2 heterocycles. The molecule has 0 bridgehead atoms. The summed E-state index contributed by atoms with van der Waals surface area (Å²) in [6, 6.07) is 12.4. The Kier molecular flexibility index (Phi) is 5.46. The van der Waals surface area contributed by atoms with Crippen LogP contribution in [-0.2, 0) is 6.42 Å². The third-order valence-electron chi connectivity index (χ3n) is 4.35. The first-order valence-electron chi connectivity index (χ1n) is 8.81. The molecule has 0 aliphatic rings. The van der Waals surface area contributed by atoms with Gasteiger partial charge in [-0.15, -0.1) is 0 Å². The van der Waals surface area contributed by atoms with Crippen LogP contribution < -0.4 is 10.2 Å². The number of hydrogen-bond acceptors (Lipinski definition) is 5. The van der Waals surface area contributed by atoms with E-state index in [4.69, 9.17) is 4.98 Å². The number of rotatable bonds is 6. The van der Waals surface area contributed by atoms with Crippen molar-refractivity contribution in [3.63, 3.8) is 0 Å². The van der Waals surface area contributed by atoms with Crippen LogP contribution in [0.5, 0.6) is 0 Å². The van der Waals surface area contributed by atoms with Gasteiger partial charge in [-0.1, -0.05) is 17.7 Å². The Morgan fingerprint density at radius 3 is 2.46 bits per heavy atom. The van der Waals surface area contributed by atoms with Gasteiger partial charge in [-0.3, -0.25) is 4.98 Å². The van der Waals surface area contributed by atoms with E-state index in [2.05, 4.69) is 59.3 Å². The molecule has 1 N–H and O–H groups in total. The Hall–Kier alpha value is -2.95. The van der Waals surface area contributed by atoms with Crippen molar-refractivity contribution < 1.29 is 0 Å². The van der Waals surface area contributed by atoms with E-state index < -0.39 is 0 Å².